The Morgan fingerprint density at radius 2 is 1.71 bits per heavy atom. The zero-order valence-electron chi connectivity index (χ0n) is 10.9. The molecule has 0 aromatic heterocycles. The SMILES string of the molecule is CS(=O)(=O)c1cccc(Oc2ccccc2O)c1[N+](=O)[O-]. The molecule has 0 bridgehead atoms. The van der Waals surface area contributed by atoms with Crippen molar-refractivity contribution in [2.45, 2.75) is 4.90 Å². The smallest absolute Gasteiger partial charge is 0.330 e. The number of phenols is 1. The lowest BCUT2D eigenvalue weighted by Crippen LogP contribution is -2.04. The van der Waals surface area contributed by atoms with E-state index < -0.39 is 25.3 Å². The normalized spacial score (nSPS) is 11.1. The van der Waals surface area contributed by atoms with E-state index in [1.807, 2.05) is 0 Å². The Balaban J connectivity index is 2.60. The third-order valence-electron chi connectivity index (χ3n) is 2.63. The molecule has 0 spiro atoms. The first kappa shape index (κ1) is 14.8. The highest BCUT2D eigenvalue weighted by molar-refractivity contribution is 7.90. The molecule has 0 aliphatic carbocycles. The van der Waals surface area contributed by atoms with E-state index in [1.54, 1.807) is 12.1 Å². The van der Waals surface area contributed by atoms with E-state index in [1.165, 1.54) is 24.3 Å². The lowest BCUT2D eigenvalue weighted by atomic mass is 10.3. The number of nitro groups is 1. The van der Waals surface area contributed by atoms with Crippen molar-refractivity contribution >= 4 is 15.5 Å². The van der Waals surface area contributed by atoms with E-state index in [9.17, 15) is 23.6 Å². The second-order valence-corrected chi connectivity index (χ2v) is 6.19. The Bertz CT molecular complexity index is 800. The molecular formula is C13H11NO6S. The number of para-hydroxylation sites is 3. The molecule has 0 saturated heterocycles. The molecule has 7 nitrogen and oxygen atoms in total. The van der Waals surface area contributed by atoms with Gasteiger partial charge in [0, 0.05) is 6.26 Å². The van der Waals surface area contributed by atoms with E-state index in [-0.39, 0.29) is 17.2 Å². The van der Waals surface area contributed by atoms with Crippen LogP contribution in [0.3, 0.4) is 0 Å². The van der Waals surface area contributed by atoms with Crippen LogP contribution in [0.5, 0.6) is 17.2 Å². The molecule has 2 rings (SSSR count). The lowest BCUT2D eigenvalue weighted by Gasteiger charge is -2.09. The summed E-state index contributed by atoms with van der Waals surface area (Å²) in [4.78, 5) is 9.89. The van der Waals surface area contributed by atoms with Crippen LogP contribution in [0.25, 0.3) is 0 Å². The lowest BCUT2D eigenvalue weighted by molar-refractivity contribution is -0.388. The molecular weight excluding hydrogens is 298 g/mol. The van der Waals surface area contributed by atoms with Gasteiger partial charge in [-0.25, -0.2) is 8.42 Å². The van der Waals surface area contributed by atoms with Gasteiger partial charge in [-0.05, 0) is 24.3 Å². The molecule has 0 radical (unpaired) electrons. The maximum Gasteiger partial charge on any atom is 0.330 e. The van der Waals surface area contributed by atoms with Crippen LogP contribution < -0.4 is 4.74 Å². The van der Waals surface area contributed by atoms with E-state index in [0.717, 1.165) is 12.3 Å². The quantitative estimate of drug-likeness (QED) is 0.687. The van der Waals surface area contributed by atoms with Gasteiger partial charge in [-0.15, -0.1) is 0 Å². The largest absolute Gasteiger partial charge is 0.504 e. The van der Waals surface area contributed by atoms with Crippen molar-refractivity contribution in [3.63, 3.8) is 0 Å². The second-order valence-electron chi connectivity index (χ2n) is 4.20. The fourth-order valence-electron chi connectivity index (χ4n) is 1.73. The molecule has 0 heterocycles. The molecule has 0 aliphatic rings. The zero-order chi connectivity index (χ0) is 15.6. The van der Waals surface area contributed by atoms with E-state index in [0.29, 0.717) is 0 Å². The van der Waals surface area contributed by atoms with Gasteiger partial charge in [-0.1, -0.05) is 18.2 Å². The summed E-state index contributed by atoms with van der Waals surface area (Å²) in [5, 5.41) is 20.8. The Kier molecular flexibility index (Phi) is 3.81. The number of nitro benzene ring substituents is 1. The van der Waals surface area contributed by atoms with Gasteiger partial charge in [0.2, 0.25) is 5.75 Å². The highest BCUT2D eigenvalue weighted by Gasteiger charge is 2.27. The Hall–Kier alpha value is -2.61. The van der Waals surface area contributed by atoms with Gasteiger partial charge in [-0.3, -0.25) is 10.1 Å². The van der Waals surface area contributed by atoms with Gasteiger partial charge in [0.05, 0.1) is 4.92 Å². The first-order valence-corrected chi connectivity index (χ1v) is 7.63. The summed E-state index contributed by atoms with van der Waals surface area (Å²) in [7, 11) is -3.79. The molecule has 0 aliphatic heterocycles. The summed E-state index contributed by atoms with van der Waals surface area (Å²) in [6, 6.07) is 9.61. The standard InChI is InChI=1S/C13H11NO6S/c1-21(18,19)12-8-4-7-11(13(12)14(16)17)20-10-6-3-2-5-9(10)15/h2-8,15H,1H3. The monoisotopic (exact) mass is 309 g/mol. The number of hydrogen-bond donors (Lipinski definition) is 1. The van der Waals surface area contributed by atoms with Gasteiger partial charge in [-0.2, -0.15) is 0 Å². The Morgan fingerprint density at radius 3 is 2.29 bits per heavy atom. The highest BCUT2D eigenvalue weighted by atomic mass is 32.2. The molecule has 0 fully saturated rings. The van der Waals surface area contributed by atoms with Gasteiger partial charge in [0.1, 0.15) is 4.90 Å². The molecule has 2 aromatic rings. The molecule has 0 unspecified atom stereocenters. The van der Waals surface area contributed by atoms with E-state index >= 15 is 0 Å². The van der Waals surface area contributed by atoms with Gasteiger partial charge >= 0.3 is 5.69 Å². The van der Waals surface area contributed by atoms with Crippen LogP contribution in [0.2, 0.25) is 0 Å². The summed E-state index contributed by atoms with van der Waals surface area (Å²) < 4.78 is 28.5. The summed E-state index contributed by atoms with van der Waals surface area (Å²) in [5.74, 6) is -0.479. The maximum atomic E-state index is 11.6. The van der Waals surface area contributed by atoms with Crippen molar-refractivity contribution in [2.24, 2.45) is 0 Å². The molecule has 0 amide bonds. The highest BCUT2D eigenvalue weighted by Crippen LogP contribution is 2.38. The first-order chi connectivity index (χ1) is 9.80. The van der Waals surface area contributed by atoms with Crippen LogP contribution in [0.15, 0.2) is 47.4 Å². The van der Waals surface area contributed by atoms with Crippen molar-refractivity contribution in [3.8, 4) is 17.2 Å². The third kappa shape index (κ3) is 3.11. The molecule has 21 heavy (non-hydrogen) atoms. The summed E-state index contributed by atoms with van der Waals surface area (Å²) in [6.07, 6.45) is 0.874. The predicted octanol–water partition coefficient (Wildman–Crippen LogP) is 2.50. The molecule has 8 heteroatoms. The van der Waals surface area contributed by atoms with Gasteiger partial charge in [0.15, 0.2) is 21.3 Å². The maximum absolute atomic E-state index is 11.6. The van der Waals surface area contributed by atoms with E-state index in [4.69, 9.17) is 4.74 Å². The van der Waals surface area contributed by atoms with Crippen LogP contribution in [-0.2, 0) is 9.84 Å². The van der Waals surface area contributed by atoms with Crippen molar-refractivity contribution in [1.29, 1.82) is 0 Å². The average molecular weight is 309 g/mol. The van der Waals surface area contributed by atoms with Gasteiger partial charge < -0.3 is 9.84 Å². The Morgan fingerprint density at radius 1 is 1.10 bits per heavy atom. The van der Waals surface area contributed by atoms with Gasteiger partial charge in [0.25, 0.3) is 0 Å². The summed E-state index contributed by atoms with van der Waals surface area (Å²) in [6.45, 7) is 0. The fraction of sp³-hybridized carbons (Fsp3) is 0.0769. The number of sulfone groups is 1. The molecule has 0 atom stereocenters. The minimum atomic E-state index is -3.79. The van der Waals surface area contributed by atoms with Crippen LogP contribution in [0.4, 0.5) is 5.69 Å². The number of aromatic hydroxyl groups is 1. The summed E-state index contributed by atoms with van der Waals surface area (Å²) in [5.41, 5.74) is -0.664. The minimum Gasteiger partial charge on any atom is -0.504 e. The first-order valence-electron chi connectivity index (χ1n) is 5.74. The van der Waals surface area contributed by atoms with Crippen LogP contribution in [0, 0.1) is 10.1 Å². The number of hydrogen-bond acceptors (Lipinski definition) is 6. The topological polar surface area (TPSA) is 107 Å². The fourth-order valence-corrected chi connectivity index (χ4v) is 2.58. The predicted molar refractivity (Wildman–Crippen MR) is 74.4 cm³/mol. The number of benzene rings is 2. The third-order valence-corrected chi connectivity index (χ3v) is 3.76. The number of rotatable bonds is 4. The van der Waals surface area contributed by atoms with Crippen molar-refractivity contribution < 1.29 is 23.2 Å². The van der Waals surface area contributed by atoms with E-state index in [2.05, 4.69) is 0 Å². The average Bonchev–Trinajstić information content (AvgIpc) is 2.40. The van der Waals surface area contributed by atoms with Crippen molar-refractivity contribution in [1.82, 2.24) is 0 Å². The van der Waals surface area contributed by atoms with Crippen molar-refractivity contribution in [2.75, 3.05) is 6.26 Å². The minimum absolute atomic E-state index is 0.00810. The van der Waals surface area contributed by atoms with Crippen LogP contribution >= 0.6 is 0 Å². The number of ether oxygens (including phenoxy) is 1. The molecule has 110 valence electrons. The Labute approximate surface area is 120 Å². The summed E-state index contributed by atoms with van der Waals surface area (Å²) >= 11 is 0. The number of phenolic OH excluding ortho intramolecular Hbond substituents is 1. The van der Waals surface area contributed by atoms with Crippen molar-refractivity contribution in [3.05, 3.63) is 52.6 Å². The van der Waals surface area contributed by atoms with Crippen LogP contribution in [-0.4, -0.2) is 24.7 Å². The second kappa shape index (κ2) is 5.41. The molecule has 0 saturated carbocycles. The molecule has 1 N–H and O–H groups in total. The number of nitrogens with zero attached hydrogens (tertiary/aromatic N) is 1. The van der Waals surface area contributed by atoms with Crippen LogP contribution in [0.1, 0.15) is 0 Å². The molecule has 2 aromatic carbocycles. The zero-order valence-corrected chi connectivity index (χ0v) is 11.7.